The molecular formula is C36H36N6+2. The highest BCUT2D eigenvalue weighted by atomic mass is 15.2. The molecule has 0 radical (unpaired) electrons. The van der Waals surface area contributed by atoms with Crippen LogP contribution in [0, 0.1) is 0 Å². The van der Waals surface area contributed by atoms with E-state index < -0.39 is 5.41 Å². The molecule has 0 saturated heterocycles. The number of fused-ring (bicyclic) bond motifs is 4. The van der Waals surface area contributed by atoms with E-state index in [1.54, 1.807) is 12.4 Å². The van der Waals surface area contributed by atoms with Crippen molar-refractivity contribution < 1.29 is 4.58 Å². The van der Waals surface area contributed by atoms with E-state index in [0.29, 0.717) is 0 Å². The number of benzene rings is 3. The summed E-state index contributed by atoms with van der Waals surface area (Å²) in [7, 11) is 1.95. The molecule has 6 nitrogen and oxygen atoms in total. The van der Waals surface area contributed by atoms with Crippen molar-refractivity contribution in [2.75, 3.05) is 7.05 Å². The lowest BCUT2D eigenvalue weighted by Crippen LogP contribution is -2.30. The lowest BCUT2D eigenvalue weighted by molar-refractivity contribution is -0.398. The number of rotatable bonds is 3. The van der Waals surface area contributed by atoms with Crippen molar-refractivity contribution in [3.63, 3.8) is 0 Å². The van der Waals surface area contributed by atoms with Crippen LogP contribution < -0.4 is 4.58 Å². The lowest BCUT2D eigenvalue weighted by atomic mass is 9.68. The predicted molar refractivity (Wildman–Crippen MR) is 168 cm³/mol. The molecule has 0 amide bonds. The van der Waals surface area contributed by atoms with E-state index in [4.69, 9.17) is 0 Å². The summed E-state index contributed by atoms with van der Waals surface area (Å²) in [6.45, 7) is 13.7. The second-order valence-corrected chi connectivity index (χ2v) is 13.5. The average Bonchev–Trinajstić information content (AvgIpc) is 3.68. The number of H-pyrrole nitrogens is 1. The van der Waals surface area contributed by atoms with E-state index >= 15 is 0 Å². The van der Waals surface area contributed by atoms with Crippen LogP contribution in [0.25, 0.3) is 11.1 Å². The summed E-state index contributed by atoms with van der Waals surface area (Å²) < 4.78 is 3.89. The number of nitrogens with one attached hydrogen (secondary N) is 1. The highest BCUT2D eigenvalue weighted by Gasteiger charge is 2.49. The van der Waals surface area contributed by atoms with Crippen LogP contribution in [0.1, 0.15) is 75.1 Å². The molecule has 0 saturated carbocycles. The third-order valence-electron chi connectivity index (χ3n) is 8.75. The van der Waals surface area contributed by atoms with Gasteiger partial charge in [0.1, 0.15) is 7.05 Å². The van der Waals surface area contributed by atoms with E-state index in [1.807, 2.05) is 22.4 Å². The minimum Gasteiger partial charge on any atom is -0.281 e. The van der Waals surface area contributed by atoms with E-state index in [2.05, 4.69) is 134 Å². The summed E-state index contributed by atoms with van der Waals surface area (Å²) in [6, 6.07) is 28.4. The number of hydrogen-bond donors (Lipinski definition) is 1. The second kappa shape index (κ2) is 8.91. The Hall–Kier alpha value is -4.67. The number of aromatic nitrogens is 4. The molecular weight excluding hydrogens is 516 g/mol. The molecule has 208 valence electrons. The van der Waals surface area contributed by atoms with Gasteiger partial charge in [-0.1, -0.05) is 94.6 Å². The van der Waals surface area contributed by atoms with Crippen LogP contribution >= 0.6 is 0 Å². The molecule has 0 atom stereocenters. The normalized spacial score (nSPS) is 15.1. The minimum atomic E-state index is -0.601. The molecule has 42 heavy (non-hydrogen) atoms. The highest BCUT2D eigenvalue weighted by Crippen LogP contribution is 2.57. The average molecular weight is 553 g/mol. The van der Waals surface area contributed by atoms with Crippen LogP contribution in [-0.4, -0.2) is 37.8 Å². The van der Waals surface area contributed by atoms with E-state index in [-0.39, 0.29) is 10.8 Å². The topological polar surface area (TPSA) is 60.5 Å². The number of aromatic amines is 1. The van der Waals surface area contributed by atoms with Gasteiger partial charge in [0.2, 0.25) is 0 Å². The highest BCUT2D eigenvalue weighted by molar-refractivity contribution is 5.87. The fourth-order valence-electron chi connectivity index (χ4n) is 6.50. The van der Waals surface area contributed by atoms with Crippen molar-refractivity contribution in [3.05, 3.63) is 119 Å². The van der Waals surface area contributed by atoms with Gasteiger partial charge >= 0.3 is 17.6 Å². The first-order valence-electron chi connectivity index (χ1n) is 14.5. The van der Waals surface area contributed by atoms with Gasteiger partial charge < -0.3 is 0 Å². The number of nitrogens with zero attached hydrogens (tertiary/aromatic N) is 5. The van der Waals surface area contributed by atoms with Crippen molar-refractivity contribution in [1.82, 2.24) is 24.7 Å². The molecule has 0 spiro atoms. The van der Waals surface area contributed by atoms with Gasteiger partial charge in [-0.2, -0.15) is 10.1 Å². The quantitative estimate of drug-likeness (QED) is 0.232. The maximum absolute atomic E-state index is 4.65. The Labute approximate surface area is 247 Å². The molecule has 5 aromatic rings. The molecule has 2 aromatic heterocycles. The van der Waals surface area contributed by atoms with E-state index in [1.165, 1.54) is 33.4 Å². The molecule has 7 rings (SSSR count). The molecule has 1 aliphatic heterocycles. The van der Waals surface area contributed by atoms with Crippen LogP contribution in [0.3, 0.4) is 0 Å². The Morgan fingerprint density at radius 1 is 0.714 bits per heavy atom. The largest absolute Gasteiger partial charge is 0.474 e. The van der Waals surface area contributed by atoms with Crippen LogP contribution in [0.2, 0.25) is 0 Å². The number of hydrogen-bond acceptors (Lipinski definition) is 3. The molecule has 3 aromatic carbocycles. The van der Waals surface area contributed by atoms with Crippen molar-refractivity contribution in [2.24, 2.45) is 0 Å². The maximum Gasteiger partial charge on any atom is 0.474 e. The van der Waals surface area contributed by atoms with Crippen molar-refractivity contribution in [2.45, 2.75) is 57.8 Å². The fraction of sp³-hybridized carbons (Fsp3) is 0.278. The van der Waals surface area contributed by atoms with Crippen molar-refractivity contribution >= 4 is 23.3 Å². The van der Waals surface area contributed by atoms with Gasteiger partial charge in [-0.05, 0) is 68.0 Å². The zero-order valence-corrected chi connectivity index (χ0v) is 25.3. The minimum absolute atomic E-state index is 0.00557. The second-order valence-electron chi connectivity index (χ2n) is 13.5. The molecule has 3 heterocycles. The monoisotopic (exact) mass is 552 g/mol. The fourth-order valence-corrected chi connectivity index (χ4v) is 6.50. The standard InChI is InChI=1S/C36H36N6/c1-34(2,3)23-11-13-27-28-14-12-24(35(4,5)6)21-30(28)36(29(27)20-23,31-15-16-39-40-31)25-9-8-10-26(19-25)42-22-41(7)32-33(42)38-18-17-37-32/h8-21H,1-7H3,(H,39,40)/q+2. The molecule has 1 N–H and O–H groups in total. The molecule has 0 fully saturated rings. The van der Waals surface area contributed by atoms with Crippen LogP contribution in [-0.2, 0) is 16.2 Å². The van der Waals surface area contributed by atoms with Gasteiger partial charge in [0.15, 0.2) is 11.9 Å². The van der Waals surface area contributed by atoms with Gasteiger partial charge in [-0.15, -0.1) is 4.58 Å². The first kappa shape index (κ1) is 26.2. The third-order valence-corrected chi connectivity index (χ3v) is 8.75. The maximum atomic E-state index is 4.65. The molecule has 1 aliphatic carbocycles. The van der Waals surface area contributed by atoms with Crippen LogP contribution in [0.4, 0.5) is 17.3 Å². The summed E-state index contributed by atoms with van der Waals surface area (Å²) in [5, 5.41) is 7.91. The van der Waals surface area contributed by atoms with E-state index in [9.17, 15) is 0 Å². The van der Waals surface area contributed by atoms with E-state index in [0.717, 1.165) is 28.6 Å². The summed E-state index contributed by atoms with van der Waals surface area (Å²) >= 11 is 0. The Bertz CT molecular complexity index is 1880. The smallest absolute Gasteiger partial charge is 0.281 e. The Morgan fingerprint density at radius 2 is 1.33 bits per heavy atom. The Kier molecular flexibility index (Phi) is 5.57. The Balaban J connectivity index is 1.57. The van der Waals surface area contributed by atoms with Gasteiger partial charge in [-0.3, -0.25) is 5.10 Å². The first-order chi connectivity index (χ1) is 20.0. The van der Waals surface area contributed by atoms with Crippen molar-refractivity contribution in [3.8, 4) is 11.1 Å². The van der Waals surface area contributed by atoms with Gasteiger partial charge in [0.25, 0.3) is 0 Å². The SMILES string of the molecule is C[N+]1=C=[N+](c2cccc(C3(c4ccn[nH]4)c4cc(C(C)(C)C)ccc4-c4ccc(C(C)(C)C)cc43)c2)c2nccnc21. The van der Waals surface area contributed by atoms with Gasteiger partial charge in [0, 0.05) is 11.2 Å². The summed E-state index contributed by atoms with van der Waals surface area (Å²) in [4.78, 5) is 9.20. The molecule has 0 unspecified atom stereocenters. The van der Waals surface area contributed by atoms with Gasteiger partial charge in [-0.25, -0.2) is 0 Å². The molecule has 6 heteroatoms. The zero-order valence-electron chi connectivity index (χ0n) is 25.3. The summed E-state index contributed by atoms with van der Waals surface area (Å²) in [5.41, 5.74) is 10.2. The zero-order chi connectivity index (χ0) is 29.4. The lowest BCUT2D eigenvalue weighted by Gasteiger charge is -2.34. The van der Waals surface area contributed by atoms with Crippen LogP contribution in [0.15, 0.2) is 85.3 Å². The summed E-state index contributed by atoms with van der Waals surface area (Å²) in [6.07, 6.45) is 5.31. The van der Waals surface area contributed by atoms with Crippen molar-refractivity contribution in [1.29, 1.82) is 0 Å². The third kappa shape index (κ3) is 3.75. The van der Waals surface area contributed by atoms with Gasteiger partial charge in [0.05, 0.1) is 17.3 Å². The summed E-state index contributed by atoms with van der Waals surface area (Å²) in [5.74, 6) is 1.55. The van der Waals surface area contributed by atoms with Crippen LogP contribution in [0.5, 0.6) is 0 Å². The molecule has 0 bridgehead atoms. The predicted octanol–water partition coefficient (Wildman–Crippen LogP) is 7.45. The first-order valence-corrected chi connectivity index (χ1v) is 14.5. The Morgan fingerprint density at radius 3 is 1.90 bits per heavy atom. The molecule has 2 aliphatic rings.